The summed E-state index contributed by atoms with van der Waals surface area (Å²) in [5.74, 6) is 5.78. The molecule has 1 aromatic carbocycles. The smallest absolute Gasteiger partial charge is 0.413 e. The Morgan fingerprint density at radius 1 is 1.26 bits per heavy atom. The molecule has 1 fully saturated rings. The molecule has 1 aliphatic carbocycles. The highest BCUT2D eigenvalue weighted by atomic mass is 35.5. The Labute approximate surface area is 214 Å². The molecular formula is C25H20ClN3O4S2. The zero-order chi connectivity index (χ0) is 24.7. The number of hydrogen-bond donors (Lipinski definition) is 2. The minimum Gasteiger partial charge on any atom is -0.481 e. The number of carboxylic acid groups (broad SMARTS) is 1. The van der Waals surface area contributed by atoms with Gasteiger partial charge in [0.25, 0.3) is 0 Å². The number of aromatic nitrogens is 2. The zero-order valence-corrected chi connectivity index (χ0v) is 21.2. The Morgan fingerprint density at radius 3 is 2.66 bits per heavy atom. The van der Waals surface area contributed by atoms with Crippen LogP contribution < -0.4 is 5.32 Å². The summed E-state index contributed by atoms with van der Waals surface area (Å²) in [5.41, 5.74) is 0.612. The number of carbonyl (C=O) groups excluding carboxylic acids is 1. The molecule has 1 unspecified atom stereocenters. The molecule has 3 heterocycles. The van der Waals surface area contributed by atoms with Gasteiger partial charge in [0.15, 0.2) is 0 Å². The fourth-order valence-electron chi connectivity index (χ4n) is 3.78. The maximum atomic E-state index is 12.5. The topological polar surface area (TPSA) is 93.4 Å². The first-order chi connectivity index (χ1) is 16.8. The second-order valence-electron chi connectivity index (χ2n) is 8.31. The summed E-state index contributed by atoms with van der Waals surface area (Å²) in [5, 5.41) is 17.9. The van der Waals surface area contributed by atoms with Gasteiger partial charge < -0.3 is 9.84 Å². The summed E-state index contributed by atoms with van der Waals surface area (Å²) in [4.78, 5) is 25.7. The van der Waals surface area contributed by atoms with Gasteiger partial charge in [0.2, 0.25) is 0 Å². The van der Waals surface area contributed by atoms with Crippen LogP contribution in [0.15, 0.2) is 42.6 Å². The van der Waals surface area contributed by atoms with Gasteiger partial charge in [0.05, 0.1) is 25.7 Å². The number of fused-ring (bicyclic) bond motifs is 1. The van der Waals surface area contributed by atoms with E-state index < -0.39 is 23.6 Å². The first-order valence-corrected chi connectivity index (χ1v) is 12.8. The summed E-state index contributed by atoms with van der Waals surface area (Å²) in [6, 6.07) is 11.4. The van der Waals surface area contributed by atoms with Gasteiger partial charge in [-0.15, -0.1) is 22.7 Å². The van der Waals surface area contributed by atoms with Crippen molar-refractivity contribution >= 4 is 61.6 Å². The Balaban J connectivity index is 1.33. The van der Waals surface area contributed by atoms with E-state index in [0.717, 1.165) is 24.7 Å². The molecule has 1 saturated carbocycles. The van der Waals surface area contributed by atoms with Crippen molar-refractivity contribution in [2.75, 3.05) is 5.32 Å². The van der Waals surface area contributed by atoms with Gasteiger partial charge in [0, 0.05) is 17.3 Å². The average Bonchev–Trinajstić information content (AvgIpc) is 3.32. The van der Waals surface area contributed by atoms with E-state index in [1.165, 1.54) is 27.4 Å². The minimum absolute atomic E-state index is 0.413. The van der Waals surface area contributed by atoms with Crippen molar-refractivity contribution in [3.8, 4) is 11.8 Å². The predicted molar refractivity (Wildman–Crippen MR) is 137 cm³/mol. The lowest BCUT2D eigenvalue weighted by molar-refractivity contribution is -0.139. The van der Waals surface area contributed by atoms with Crippen molar-refractivity contribution < 1.29 is 19.4 Å². The van der Waals surface area contributed by atoms with Crippen LogP contribution in [0.5, 0.6) is 0 Å². The normalized spacial score (nSPS) is 14.7. The third-order valence-corrected chi connectivity index (χ3v) is 9.01. The number of nitrogens with zero attached hydrogens (tertiary/aromatic N) is 2. The number of carbonyl (C=O) groups is 2. The van der Waals surface area contributed by atoms with Crippen molar-refractivity contribution in [3.63, 3.8) is 0 Å². The number of amides is 1. The molecule has 0 radical (unpaired) electrons. The van der Waals surface area contributed by atoms with Gasteiger partial charge in [-0.1, -0.05) is 53.8 Å². The molecule has 2 N–H and O–H groups in total. The number of thiophene rings is 2. The van der Waals surface area contributed by atoms with Crippen LogP contribution in [0.2, 0.25) is 5.02 Å². The SMILES string of the molecule is CC(OC(=O)Nc1c(C#Cc2cc3c(Cl)c(C4(C(=O)O)CC4)sc3s2)cnn1C)c1ccccc1. The lowest BCUT2D eigenvalue weighted by Crippen LogP contribution is -2.18. The monoisotopic (exact) mass is 525 g/mol. The van der Waals surface area contributed by atoms with Crippen LogP contribution in [-0.4, -0.2) is 26.9 Å². The van der Waals surface area contributed by atoms with E-state index in [2.05, 4.69) is 22.3 Å². The van der Waals surface area contributed by atoms with E-state index >= 15 is 0 Å². The van der Waals surface area contributed by atoms with E-state index in [4.69, 9.17) is 16.3 Å². The van der Waals surface area contributed by atoms with Gasteiger partial charge in [-0.25, -0.2) is 4.79 Å². The third kappa shape index (κ3) is 4.41. The summed E-state index contributed by atoms with van der Waals surface area (Å²) in [6.07, 6.45) is 1.80. The van der Waals surface area contributed by atoms with Gasteiger partial charge in [-0.05, 0) is 31.4 Å². The van der Waals surface area contributed by atoms with Gasteiger partial charge >= 0.3 is 12.1 Å². The number of nitrogens with one attached hydrogen (secondary N) is 1. The molecule has 178 valence electrons. The Bertz CT molecular complexity index is 1510. The quantitative estimate of drug-likeness (QED) is 0.304. The molecule has 4 aromatic rings. The van der Waals surface area contributed by atoms with E-state index in [-0.39, 0.29) is 0 Å². The van der Waals surface area contributed by atoms with Crippen LogP contribution in [0, 0.1) is 11.8 Å². The van der Waals surface area contributed by atoms with E-state index in [1.807, 2.05) is 36.4 Å². The number of aryl methyl sites for hydroxylation is 1. The molecule has 10 heteroatoms. The van der Waals surface area contributed by atoms with Crippen LogP contribution >= 0.6 is 34.3 Å². The lowest BCUT2D eigenvalue weighted by atomic mass is 10.1. The molecule has 1 amide bonds. The first-order valence-electron chi connectivity index (χ1n) is 10.8. The van der Waals surface area contributed by atoms with Crippen LogP contribution in [0.25, 0.3) is 9.40 Å². The van der Waals surface area contributed by atoms with Crippen molar-refractivity contribution in [2.24, 2.45) is 7.05 Å². The highest BCUT2D eigenvalue weighted by Gasteiger charge is 2.54. The molecular weight excluding hydrogens is 506 g/mol. The number of ether oxygens (including phenoxy) is 1. The lowest BCUT2D eigenvalue weighted by Gasteiger charge is -2.14. The fraction of sp³-hybridized carbons (Fsp3) is 0.240. The van der Waals surface area contributed by atoms with Crippen molar-refractivity contribution in [3.05, 3.63) is 68.5 Å². The molecule has 0 bridgehead atoms. The Hall–Kier alpha value is -3.32. The Kier molecular flexibility index (Phi) is 6.05. The molecule has 3 aromatic heterocycles. The number of carboxylic acids is 1. The average molecular weight is 526 g/mol. The summed E-state index contributed by atoms with van der Waals surface area (Å²) >= 11 is 9.46. The molecule has 1 aliphatic rings. The molecule has 5 rings (SSSR count). The van der Waals surface area contributed by atoms with Gasteiger partial charge in [-0.2, -0.15) is 5.10 Å². The summed E-state index contributed by atoms with van der Waals surface area (Å²) in [6.45, 7) is 1.80. The van der Waals surface area contributed by atoms with Crippen LogP contribution in [0.4, 0.5) is 10.6 Å². The second-order valence-corrected chi connectivity index (χ2v) is 11.0. The van der Waals surface area contributed by atoms with Crippen LogP contribution in [-0.2, 0) is 22.0 Å². The van der Waals surface area contributed by atoms with Crippen molar-refractivity contribution in [1.29, 1.82) is 0 Å². The molecule has 35 heavy (non-hydrogen) atoms. The van der Waals surface area contributed by atoms with Gasteiger partial charge in [0.1, 0.15) is 17.3 Å². The number of rotatable bonds is 5. The molecule has 1 atom stereocenters. The fourth-order valence-corrected chi connectivity index (χ4v) is 6.92. The van der Waals surface area contributed by atoms with Crippen molar-refractivity contribution in [2.45, 2.75) is 31.3 Å². The largest absolute Gasteiger partial charge is 0.481 e. The highest BCUT2D eigenvalue weighted by Crippen LogP contribution is 2.56. The van der Waals surface area contributed by atoms with Gasteiger partial charge in [-0.3, -0.25) is 14.8 Å². The molecule has 0 spiro atoms. The van der Waals surface area contributed by atoms with E-state index in [0.29, 0.717) is 29.2 Å². The van der Waals surface area contributed by atoms with Crippen LogP contribution in [0.1, 0.15) is 46.8 Å². The highest BCUT2D eigenvalue weighted by molar-refractivity contribution is 7.39. The maximum absolute atomic E-state index is 12.5. The predicted octanol–water partition coefficient (Wildman–Crippen LogP) is 6.18. The van der Waals surface area contributed by atoms with E-state index in [1.54, 1.807) is 20.2 Å². The Morgan fingerprint density at radius 2 is 2.00 bits per heavy atom. The van der Waals surface area contributed by atoms with Crippen molar-refractivity contribution in [1.82, 2.24) is 9.78 Å². The third-order valence-electron chi connectivity index (χ3n) is 5.96. The molecule has 7 nitrogen and oxygen atoms in total. The maximum Gasteiger partial charge on any atom is 0.413 e. The first kappa shape index (κ1) is 23.4. The number of halogens is 1. The number of hydrogen-bond acceptors (Lipinski definition) is 6. The molecule has 0 aliphatic heterocycles. The van der Waals surface area contributed by atoms with E-state index in [9.17, 15) is 14.7 Å². The number of benzene rings is 1. The second kappa shape index (κ2) is 9.04. The standard InChI is InChI=1S/C25H20ClN3O4S2/c1-14(15-6-4-3-5-7-15)33-24(32)28-21-16(13-27-29(21)2)8-9-17-12-18-19(26)20(35-22(18)34-17)25(10-11-25)23(30)31/h3-7,12-14H,10-11H2,1-2H3,(H,28,32)(H,30,31). The summed E-state index contributed by atoms with van der Waals surface area (Å²) < 4.78 is 7.97. The molecule has 0 saturated heterocycles. The van der Waals surface area contributed by atoms with Crippen LogP contribution in [0.3, 0.4) is 0 Å². The minimum atomic E-state index is -0.824. The number of anilines is 1. The number of aliphatic carboxylic acids is 1. The summed E-state index contributed by atoms with van der Waals surface area (Å²) in [7, 11) is 1.71. The zero-order valence-electron chi connectivity index (χ0n) is 18.8.